The van der Waals surface area contributed by atoms with Gasteiger partial charge in [-0.2, -0.15) is 0 Å². The molecule has 3 aromatic rings. The minimum Gasteiger partial charge on any atom is -0.481 e. The zero-order valence-corrected chi connectivity index (χ0v) is 22.1. The van der Waals surface area contributed by atoms with E-state index in [0.29, 0.717) is 0 Å². The summed E-state index contributed by atoms with van der Waals surface area (Å²) >= 11 is 0. The van der Waals surface area contributed by atoms with Crippen LogP contribution in [0, 0.1) is 0 Å². The van der Waals surface area contributed by atoms with Gasteiger partial charge in [0.2, 0.25) is 0 Å². The Balaban J connectivity index is 0.000000177. The van der Waals surface area contributed by atoms with Crippen molar-refractivity contribution in [2.24, 2.45) is 9.98 Å². The van der Waals surface area contributed by atoms with Crippen molar-refractivity contribution in [3.63, 3.8) is 0 Å². The van der Waals surface area contributed by atoms with Crippen LogP contribution in [0.15, 0.2) is 124 Å². The van der Waals surface area contributed by atoms with Crippen molar-refractivity contribution in [2.45, 2.75) is 18.9 Å². The Morgan fingerprint density at radius 2 is 1.54 bits per heavy atom. The van der Waals surface area contributed by atoms with Crippen LogP contribution in [-0.4, -0.2) is 33.5 Å². The number of nitrogens with one attached hydrogen (secondary N) is 2. The van der Waals surface area contributed by atoms with Gasteiger partial charge in [-0.25, -0.2) is 9.98 Å². The molecule has 1 unspecified atom stereocenters. The molecule has 7 heteroatoms. The number of carbonyl (C=O) groups is 1. The number of carboxylic acids is 1. The van der Waals surface area contributed by atoms with Crippen LogP contribution in [0.3, 0.4) is 0 Å². The van der Waals surface area contributed by atoms with Crippen molar-refractivity contribution in [3.8, 4) is 0 Å². The van der Waals surface area contributed by atoms with E-state index in [1.807, 2.05) is 60.7 Å². The van der Waals surface area contributed by atoms with Gasteiger partial charge in [0.1, 0.15) is 0 Å². The fourth-order valence-electron chi connectivity index (χ4n) is 4.81. The number of carboxylic acid groups (broad SMARTS) is 1. The molecule has 0 radical (unpaired) electrons. The summed E-state index contributed by atoms with van der Waals surface area (Å²) in [5.74, 6) is -0.790. The number of allylic oxidation sites excluding steroid dienone is 5. The Morgan fingerprint density at radius 3 is 2.31 bits per heavy atom. The van der Waals surface area contributed by atoms with Crippen molar-refractivity contribution in [2.75, 3.05) is 0 Å². The van der Waals surface area contributed by atoms with Gasteiger partial charge < -0.3 is 15.4 Å². The topological polar surface area (TPSA) is 89.8 Å². The fourth-order valence-corrected chi connectivity index (χ4v) is 4.81. The number of aromatic amines is 1. The van der Waals surface area contributed by atoms with Crippen LogP contribution < -0.4 is 16.0 Å². The van der Waals surface area contributed by atoms with E-state index < -0.39 is 5.97 Å². The van der Waals surface area contributed by atoms with Crippen molar-refractivity contribution in [1.82, 2.24) is 10.3 Å². The molecule has 4 aliphatic heterocycles. The molecule has 0 aliphatic carbocycles. The average molecular weight is 554 g/mol. The summed E-state index contributed by atoms with van der Waals surface area (Å²) < 4.78 is 0. The molecule has 194 valence electrons. The second-order valence-corrected chi connectivity index (χ2v) is 9.41. The van der Waals surface area contributed by atoms with E-state index in [9.17, 15) is 4.79 Å². The SMILES string of the molecule is C1=CC2=NC1=CC1=CCC(C=C3C=CC(=N3)C=c3ccc([nH]3)=C2)N1.O=C(O)Cc1cccc2ccccc12.[Fe]. The molecule has 7 rings (SSSR count). The van der Waals surface area contributed by atoms with E-state index in [2.05, 4.69) is 68.9 Å². The number of aliphatic imine (C=N–C) groups is 2. The van der Waals surface area contributed by atoms with Gasteiger partial charge in [0.05, 0.1) is 35.3 Å². The first-order valence-corrected chi connectivity index (χ1v) is 12.6. The molecule has 1 atom stereocenters. The molecule has 0 fully saturated rings. The normalized spacial score (nSPS) is 18.2. The van der Waals surface area contributed by atoms with Gasteiger partial charge in [0.15, 0.2) is 0 Å². The molecule has 8 bridgehead atoms. The monoisotopic (exact) mass is 554 g/mol. The first kappa shape index (κ1) is 26.2. The van der Waals surface area contributed by atoms with Crippen molar-refractivity contribution >= 4 is 40.3 Å². The summed E-state index contributed by atoms with van der Waals surface area (Å²) in [5, 5.41) is 16.4. The molecular weight excluding hydrogens is 528 g/mol. The van der Waals surface area contributed by atoms with Crippen LogP contribution in [0.4, 0.5) is 0 Å². The summed E-state index contributed by atoms with van der Waals surface area (Å²) in [6.45, 7) is 0. The number of aromatic nitrogens is 1. The fraction of sp³-hybridized carbons (Fsp3) is 0.0938. The molecule has 0 saturated heterocycles. The third-order valence-corrected chi connectivity index (χ3v) is 6.54. The van der Waals surface area contributed by atoms with Crippen LogP contribution in [0.25, 0.3) is 22.9 Å². The number of nitrogens with zero attached hydrogens (tertiary/aromatic N) is 2. The number of hydrogen-bond donors (Lipinski definition) is 3. The van der Waals surface area contributed by atoms with E-state index in [1.165, 1.54) is 0 Å². The van der Waals surface area contributed by atoms with Gasteiger partial charge >= 0.3 is 5.97 Å². The summed E-state index contributed by atoms with van der Waals surface area (Å²) in [6, 6.07) is 18.0. The van der Waals surface area contributed by atoms with Crippen LogP contribution >= 0.6 is 0 Å². The third-order valence-electron chi connectivity index (χ3n) is 6.54. The maximum Gasteiger partial charge on any atom is 0.307 e. The molecule has 3 N–H and O–H groups in total. The van der Waals surface area contributed by atoms with E-state index in [4.69, 9.17) is 5.11 Å². The van der Waals surface area contributed by atoms with E-state index >= 15 is 0 Å². The molecule has 0 amide bonds. The third kappa shape index (κ3) is 6.34. The van der Waals surface area contributed by atoms with E-state index in [-0.39, 0.29) is 29.5 Å². The Bertz CT molecular complexity index is 1780. The van der Waals surface area contributed by atoms with Crippen LogP contribution in [0.5, 0.6) is 0 Å². The molecule has 0 saturated carbocycles. The van der Waals surface area contributed by atoms with Crippen molar-refractivity contribution in [3.05, 3.63) is 130 Å². The minimum atomic E-state index is -0.790. The molecule has 39 heavy (non-hydrogen) atoms. The van der Waals surface area contributed by atoms with Gasteiger partial charge in [-0.3, -0.25) is 4.79 Å². The number of benzene rings is 2. The molecule has 4 aliphatic rings. The molecule has 2 aromatic carbocycles. The second-order valence-electron chi connectivity index (χ2n) is 9.41. The molecule has 5 heterocycles. The van der Waals surface area contributed by atoms with Crippen LogP contribution in [-0.2, 0) is 28.3 Å². The molecular formula is C32H26FeN4O2. The Kier molecular flexibility index (Phi) is 7.73. The van der Waals surface area contributed by atoms with Gasteiger partial charge in [0.25, 0.3) is 0 Å². The summed E-state index contributed by atoms with van der Waals surface area (Å²) in [4.78, 5) is 23.3. The van der Waals surface area contributed by atoms with Crippen molar-refractivity contribution in [1.29, 1.82) is 0 Å². The van der Waals surface area contributed by atoms with E-state index in [1.54, 1.807) is 0 Å². The number of hydrogen-bond acceptors (Lipinski definition) is 4. The Hall–Kier alpha value is -4.45. The first-order chi connectivity index (χ1) is 18.6. The number of fused-ring (bicyclic) bond motifs is 7. The van der Waals surface area contributed by atoms with E-state index in [0.717, 1.165) is 62.0 Å². The van der Waals surface area contributed by atoms with Crippen molar-refractivity contribution < 1.29 is 27.0 Å². The second kappa shape index (κ2) is 11.5. The zero-order valence-electron chi connectivity index (χ0n) is 21.0. The van der Waals surface area contributed by atoms with Gasteiger partial charge in [-0.05, 0) is 83.5 Å². The quantitative estimate of drug-likeness (QED) is 0.417. The smallest absolute Gasteiger partial charge is 0.307 e. The number of rotatable bonds is 2. The van der Waals surface area contributed by atoms with Gasteiger partial charge in [-0.15, -0.1) is 0 Å². The summed E-state index contributed by atoms with van der Waals surface area (Å²) in [5.41, 5.74) is 5.89. The average Bonchev–Trinajstić information content (AvgIpc) is 3.71. The maximum absolute atomic E-state index is 10.6. The molecule has 6 nitrogen and oxygen atoms in total. The summed E-state index contributed by atoms with van der Waals surface area (Å²) in [7, 11) is 0. The van der Waals surface area contributed by atoms with Gasteiger partial charge in [0, 0.05) is 33.5 Å². The van der Waals surface area contributed by atoms with Gasteiger partial charge in [-0.1, -0.05) is 48.5 Å². The Morgan fingerprint density at radius 1 is 0.846 bits per heavy atom. The standard InChI is InChI=1S/C20H16N4.C12H10O2.Fe/c1-2-14-10-16-5-6-18(23-16)12-20-8-7-19(24-20)11-17-4-3-15(22-17)9-13(1)21-14;13-12(14)8-10-6-3-5-9-4-1-2-7-11(9)10;/h1-7,9-12,20-21,24H,8H2;1-7H,8H2,(H,13,14);. The largest absolute Gasteiger partial charge is 0.481 e. The number of aliphatic carboxylic acids is 1. The van der Waals surface area contributed by atoms with Crippen LogP contribution in [0.2, 0.25) is 0 Å². The Labute approximate surface area is 236 Å². The molecule has 0 spiro atoms. The molecule has 1 aromatic heterocycles. The predicted octanol–water partition coefficient (Wildman–Crippen LogP) is 4.09. The maximum atomic E-state index is 10.6. The summed E-state index contributed by atoms with van der Waals surface area (Å²) in [6.07, 6.45) is 19.8. The van der Waals surface area contributed by atoms with Crippen LogP contribution in [0.1, 0.15) is 12.0 Å². The first-order valence-electron chi connectivity index (χ1n) is 12.6. The zero-order chi connectivity index (χ0) is 25.9. The predicted molar refractivity (Wildman–Crippen MR) is 153 cm³/mol. The minimum absolute atomic E-state index is 0. The number of H-pyrrole nitrogens is 1.